The topological polar surface area (TPSA) is 129 Å². The molecule has 248 valence electrons. The molecule has 2 heterocycles. The first kappa shape index (κ1) is 34.9. The number of ether oxygens (including phenoxy) is 1. The normalized spacial score (nSPS) is 15.2. The Morgan fingerprint density at radius 2 is 1.62 bits per heavy atom. The number of anilines is 1. The second-order valence-corrected chi connectivity index (χ2v) is 12.3. The molecule has 2 atom stereocenters. The zero-order valence-electron chi connectivity index (χ0n) is 28.0. The molecule has 1 saturated heterocycles. The van der Waals surface area contributed by atoms with Crippen molar-refractivity contribution in [1.29, 1.82) is 0 Å². The number of amides is 1. The van der Waals surface area contributed by atoms with Crippen LogP contribution >= 0.6 is 0 Å². The first-order valence-electron chi connectivity index (χ1n) is 15.9. The number of fused-ring (bicyclic) bond motifs is 2. The summed E-state index contributed by atoms with van der Waals surface area (Å²) in [7, 11) is 7.92. The Morgan fingerprint density at radius 1 is 0.915 bits per heavy atom. The minimum Gasteiger partial charge on any atom is -0.478 e. The molecule has 1 amide bonds. The molecule has 47 heavy (non-hydrogen) atoms. The highest BCUT2D eigenvalue weighted by molar-refractivity contribution is 6.07. The molecule has 0 radical (unpaired) electrons. The maximum Gasteiger partial charge on any atom is 0.336 e. The summed E-state index contributed by atoms with van der Waals surface area (Å²) < 4.78 is 13.1. The lowest BCUT2D eigenvalue weighted by atomic mass is 9.90. The van der Waals surface area contributed by atoms with Crippen molar-refractivity contribution >= 4 is 40.3 Å². The van der Waals surface area contributed by atoms with Crippen molar-refractivity contribution in [3.8, 4) is 22.5 Å². The lowest BCUT2D eigenvalue weighted by molar-refractivity contribution is -0.176. The fraction of sp³-hybridized carbons (Fsp3) is 0.378. The van der Waals surface area contributed by atoms with Crippen LogP contribution in [0, 0.1) is 0 Å². The summed E-state index contributed by atoms with van der Waals surface area (Å²) in [5.74, 6) is -0.468. The number of ketones is 1. The molecule has 10 nitrogen and oxygen atoms in total. The van der Waals surface area contributed by atoms with E-state index in [-0.39, 0.29) is 29.3 Å². The van der Waals surface area contributed by atoms with Gasteiger partial charge in [-0.1, -0.05) is 31.0 Å². The number of carboxylic acid groups (broad SMARTS) is 1. The number of carbonyl (C=O) groups is 4. The van der Waals surface area contributed by atoms with E-state index >= 15 is 0 Å². The molecule has 2 aliphatic heterocycles. The van der Waals surface area contributed by atoms with Gasteiger partial charge < -0.3 is 29.3 Å². The third-order valence-electron chi connectivity index (χ3n) is 8.17. The van der Waals surface area contributed by atoms with Crippen LogP contribution in [0.3, 0.4) is 0 Å². The van der Waals surface area contributed by atoms with Gasteiger partial charge in [0, 0.05) is 61.3 Å². The quantitative estimate of drug-likeness (QED) is 0.0971. The largest absolute Gasteiger partial charge is 0.478 e. The smallest absolute Gasteiger partial charge is 0.336 e. The van der Waals surface area contributed by atoms with E-state index in [0.29, 0.717) is 18.4 Å². The number of esters is 1. The van der Waals surface area contributed by atoms with E-state index in [2.05, 4.69) is 5.32 Å². The second kappa shape index (κ2) is 15.5. The minimum atomic E-state index is -0.947. The average molecular weight is 643 g/mol. The summed E-state index contributed by atoms with van der Waals surface area (Å²) in [6.07, 6.45) is 4.42. The monoisotopic (exact) mass is 642 g/mol. The maximum absolute atomic E-state index is 11.9. The molecule has 2 N–H and O–H groups in total. The standard InChI is InChI=1S/C24H22N2O3.C13H21NO4/c1-25(2)15-9-11-19-21(13-15)29-22-14-16(26(3)4)10-12-20(22)23(19)17-7-5-6-8-18(17)24(27)28;1-9(15)7-5-3-4-6-8-11(16)14-12-10(2)18-13(12)17/h5-14H,1-4H3;10,12H,3-8H2,1-2H3,(H,14,16)/p+1/t;10-,12+/m.0/s1. The van der Waals surface area contributed by atoms with Crippen molar-refractivity contribution in [1.82, 2.24) is 9.89 Å². The molecular formula is C37H44N3O7+. The van der Waals surface area contributed by atoms with E-state index in [9.17, 15) is 24.3 Å². The van der Waals surface area contributed by atoms with E-state index in [4.69, 9.17) is 9.15 Å². The summed E-state index contributed by atoms with van der Waals surface area (Å²) >= 11 is 0. The first-order valence-corrected chi connectivity index (χ1v) is 15.9. The highest BCUT2D eigenvalue weighted by Gasteiger charge is 2.39. The number of aromatic carboxylic acids is 1. The summed E-state index contributed by atoms with van der Waals surface area (Å²) in [4.78, 5) is 47.1. The number of rotatable bonds is 11. The van der Waals surface area contributed by atoms with E-state index in [0.717, 1.165) is 64.6 Å². The number of cyclic esters (lactones) is 1. The van der Waals surface area contributed by atoms with Crippen molar-refractivity contribution < 1.29 is 33.4 Å². The molecule has 2 aromatic carbocycles. The van der Waals surface area contributed by atoms with E-state index < -0.39 is 12.0 Å². The summed E-state index contributed by atoms with van der Waals surface area (Å²) in [6, 6.07) is 18.7. The van der Waals surface area contributed by atoms with Crippen LogP contribution in [0.25, 0.3) is 33.4 Å². The predicted molar refractivity (Wildman–Crippen MR) is 183 cm³/mol. The number of nitrogens with one attached hydrogen (secondary N) is 1. The fourth-order valence-electron chi connectivity index (χ4n) is 5.48. The van der Waals surface area contributed by atoms with Gasteiger partial charge in [0.2, 0.25) is 11.3 Å². The third kappa shape index (κ3) is 8.64. The van der Waals surface area contributed by atoms with Gasteiger partial charge in [0.25, 0.3) is 0 Å². The van der Waals surface area contributed by atoms with Crippen molar-refractivity contribution in [2.45, 2.75) is 64.5 Å². The van der Waals surface area contributed by atoms with E-state index in [1.807, 2.05) is 86.2 Å². The van der Waals surface area contributed by atoms with Gasteiger partial charge in [-0.25, -0.2) is 14.2 Å². The second-order valence-electron chi connectivity index (χ2n) is 12.3. The van der Waals surface area contributed by atoms with Gasteiger partial charge in [-0.15, -0.1) is 0 Å². The van der Waals surface area contributed by atoms with Crippen LogP contribution in [0.15, 0.2) is 65.1 Å². The Morgan fingerprint density at radius 3 is 2.23 bits per heavy atom. The molecule has 1 aliphatic carbocycles. The van der Waals surface area contributed by atoms with Crippen LogP contribution in [0.1, 0.15) is 62.7 Å². The molecule has 5 rings (SSSR count). The SMILES string of the molecule is CC(=O)CCCCCCC(=O)N[C@H]1C(=O)O[C@H]1C.CN(C)c1ccc2c(-c3ccccc3C(=O)O)c3ccc(=[N+](C)C)cc-3oc2c1. The minimum absolute atomic E-state index is 0.102. The first-order chi connectivity index (χ1) is 22.4. The van der Waals surface area contributed by atoms with Gasteiger partial charge >= 0.3 is 11.9 Å². The Balaban J connectivity index is 0.000000240. The van der Waals surface area contributed by atoms with Crippen molar-refractivity contribution in [2.75, 3.05) is 33.1 Å². The van der Waals surface area contributed by atoms with Gasteiger partial charge in [-0.05, 0) is 56.5 Å². The Labute approximate surface area is 275 Å². The molecule has 0 saturated carbocycles. The van der Waals surface area contributed by atoms with Crippen LogP contribution in [-0.4, -0.2) is 69.1 Å². The van der Waals surface area contributed by atoms with Gasteiger partial charge in [-0.2, -0.15) is 0 Å². The van der Waals surface area contributed by atoms with Crippen LogP contribution in [0.2, 0.25) is 0 Å². The Hall–Kier alpha value is -4.99. The highest BCUT2D eigenvalue weighted by atomic mass is 16.6. The Kier molecular flexibility index (Phi) is 11.5. The molecule has 10 heteroatoms. The average Bonchev–Trinajstić information content (AvgIpc) is 3.03. The van der Waals surface area contributed by atoms with Crippen LogP contribution in [0.5, 0.6) is 0 Å². The maximum atomic E-state index is 11.9. The summed E-state index contributed by atoms with van der Waals surface area (Å²) in [6.45, 7) is 3.35. The third-order valence-corrected chi connectivity index (χ3v) is 8.17. The lowest BCUT2D eigenvalue weighted by Gasteiger charge is -2.32. The van der Waals surface area contributed by atoms with E-state index in [1.165, 1.54) is 0 Å². The molecule has 2 aromatic rings. The molecule has 0 spiro atoms. The molecule has 0 bridgehead atoms. The summed E-state index contributed by atoms with van der Waals surface area (Å²) in [5, 5.41) is 14.3. The molecule has 1 fully saturated rings. The number of unbranched alkanes of at least 4 members (excludes halogenated alkanes) is 3. The van der Waals surface area contributed by atoms with Gasteiger partial charge in [0.15, 0.2) is 6.04 Å². The number of nitrogens with zero attached hydrogens (tertiary/aromatic N) is 2. The number of carbonyl (C=O) groups excluding carboxylic acids is 3. The number of Topliss-reactive ketones (excluding diaryl/α,β-unsaturated/α-hetero) is 1. The Bertz CT molecular complexity index is 1820. The lowest BCUT2D eigenvalue weighted by Crippen LogP contribution is -2.58. The van der Waals surface area contributed by atoms with E-state index in [1.54, 1.807) is 26.0 Å². The van der Waals surface area contributed by atoms with Crippen molar-refractivity contribution in [2.24, 2.45) is 0 Å². The number of benzene rings is 3. The predicted octanol–water partition coefficient (Wildman–Crippen LogP) is 5.35. The highest BCUT2D eigenvalue weighted by Crippen LogP contribution is 2.41. The van der Waals surface area contributed by atoms with Crippen molar-refractivity contribution in [3.05, 3.63) is 71.6 Å². The van der Waals surface area contributed by atoms with Crippen molar-refractivity contribution in [3.63, 3.8) is 0 Å². The molecule has 0 unspecified atom stereocenters. The molecule has 3 aliphatic rings. The van der Waals surface area contributed by atoms with Gasteiger partial charge in [0.05, 0.1) is 11.6 Å². The fourth-order valence-corrected chi connectivity index (χ4v) is 5.48. The van der Waals surface area contributed by atoms with Crippen LogP contribution in [-0.2, 0) is 19.1 Å². The van der Waals surface area contributed by atoms with Crippen LogP contribution in [0.4, 0.5) is 5.69 Å². The zero-order valence-corrected chi connectivity index (χ0v) is 28.0. The molecule has 0 aromatic heterocycles. The number of carboxylic acids is 1. The zero-order chi connectivity index (χ0) is 34.2. The number of hydrogen-bond acceptors (Lipinski definition) is 7. The van der Waals surface area contributed by atoms with Gasteiger partial charge in [-0.3, -0.25) is 4.79 Å². The van der Waals surface area contributed by atoms with Gasteiger partial charge in [0.1, 0.15) is 37.3 Å². The van der Waals surface area contributed by atoms with Crippen LogP contribution < -0.4 is 20.1 Å². The molecular weight excluding hydrogens is 598 g/mol. The number of hydrogen-bond donors (Lipinski definition) is 2. The summed E-state index contributed by atoms with van der Waals surface area (Å²) in [5.41, 5.74) is 4.44.